The summed E-state index contributed by atoms with van der Waals surface area (Å²) in [6.07, 6.45) is 12.6. The van der Waals surface area contributed by atoms with Crippen LogP contribution in [-0.4, -0.2) is 11.6 Å². The molecule has 0 atom stereocenters. The van der Waals surface area contributed by atoms with E-state index in [-0.39, 0.29) is 0 Å². The summed E-state index contributed by atoms with van der Waals surface area (Å²) in [5, 5.41) is 0. The van der Waals surface area contributed by atoms with E-state index < -0.39 is 0 Å². The van der Waals surface area contributed by atoms with Crippen molar-refractivity contribution >= 4 is 6.08 Å². The van der Waals surface area contributed by atoms with Crippen molar-refractivity contribution in [1.29, 1.82) is 0 Å². The lowest BCUT2D eigenvalue weighted by Crippen LogP contribution is -1.96. The molecule has 1 aliphatic carbocycles. The summed E-state index contributed by atoms with van der Waals surface area (Å²) < 4.78 is 5.67. The maximum atomic E-state index is 5.67. The van der Waals surface area contributed by atoms with Crippen LogP contribution in [0.4, 0.5) is 0 Å². The Morgan fingerprint density at radius 1 is 0.900 bits per heavy atom. The van der Waals surface area contributed by atoms with Crippen LogP contribution in [0, 0.1) is 13.8 Å². The number of hydrogen-bond acceptors (Lipinski definition) is 1. The third kappa shape index (κ3) is 8.42. The molecule has 0 bridgehead atoms. The number of H-pyrrole nitrogens is 1. The summed E-state index contributed by atoms with van der Waals surface area (Å²) in [5.74, 6) is 0.952. The van der Waals surface area contributed by atoms with Crippen molar-refractivity contribution in [2.45, 2.75) is 99.8 Å². The van der Waals surface area contributed by atoms with Crippen LogP contribution >= 0.6 is 0 Å². The fraction of sp³-hybridized carbons (Fsp3) is 0.571. The number of unbranched alkanes of at least 4 members (excludes halogenated alkanes) is 2. The average Bonchev–Trinajstić information content (AvgIpc) is 2.98. The van der Waals surface area contributed by atoms with E-state index in [1.807, 2.05) is 0 Å². The minimum absolute atomic E-state index is 0.777. The zero-order chi connectivity index (χ0) is 22.4. The van der Waals surface area contributed by atoms with Gasteiger partial charge in [-0.1, -0.05) is 78.0 Å². The van der Waals surface area contributed by atoms with E-state index in [1.54, 1.807) is 5.57 Å². The van der Waals surface area contributed by atoms with Crippen LogP contribution < -0.4 is 4.74 Å². The van der Waals surface area contributed by atoms with Gasteiger partial charge in [-0.15, -0.1) is 0 Å². The Hall–Kier alpha value is -1.96. The van der Waals surface area contributed by atoms with E-state index in [4.69, 9.17) is 4.74 Å². The van der Waals surface area contributed by atoms with Gasteiger partial charge in [-0.25, -0.2) is 0 Å². The summed E-state index contributed by atoms with van der Waals surface area (Å²) in [6.45, 7) is 15.9. The molecule has 1 fully saturated rings. The predicted octanol–water partition coefficient (Wildman–Crippen LogP) is 9.27. The van der Waals surface area contributed by atoms with E-state index in [1.165, 1.54) is 73.0 Å². The average molecular weight is 412 g/mol. The zero-order valence-electron chi connectivity index (χ0n) is 20.7. The first-order chi connectivity index (χ1) is 14.5. The summed E-state index contributed by atoms with van der Waals surface area (Å²) in [5.41, 5.74) is 8.01. The molecule has 0 amide bonds. The Morgan fingerprint density at radius 2 is 1.50 bits per heavy atom. The Morgan fingerprint density at radius 3 is 1.93 bits per heavy atom. The van der Waals surface area contributed by atoms with Gasteiger partial charge in [0, 0.05) is 17.0 Å². The van der Waals surface area contributed by atoms with Gasteiger partial charge in [0.1, 0.15) is 5.75 Å². The standard InChI is InChI=1S/C20H25NO.C5H12.C3H8/c1-4-12-22-18-10-8-17(9-11-18)20-14(2)19(21-15(20)3)13-16-6-5-7-16;1-3-5-4-2;1-3-2/h8-11,13,21H,4-7,12H2,1-3H3;3-5H2,1-2H3;3H2,1-2H3. The third-order valence-corrected chi connectivity index (χ3v) is 5.14. The van der Waals surface area contributed by atoms with E-state index in [0.717, 1.165) is 18.8 Å². The maximum Gasteiger partial charge on any atom is 0.119 e. The first-order valence-electron chi connectivity index (χ1n) is 12.1. The molecule has 2 aromatic rings. The molecule has 0 unspecified atom stereocenters. The third-order valence-electron chi connectivity index (χ3n) is 5.14. The first-order valence-corrected chi connectivity index (χ1v) is 12.1. The highest BCUT2D eigenvalue weighted by Crippen LogP contribution is 2.34. The van der Waals surface area contributed by atoms with Gasteiger partial charge in [0.15, 0.2) is 0 Å². The molecule has 0 radical (unpaired) electrons. The number of ether oxygens (including phenoxy) is 1. The Balaban J connectivity index is 0.000000485. The first kappa shape index (κ1) is 26.1. The molecule has 1 aromatic carbocycles. The van der Waals surface area contributed by atoms with Gasteiger partial charge >= 0.3 is 0 Å². The van der Waals surface area contributed by atoms with Crippen molar-refractivity contribution in [3.63, 3.8) is 0 Å². The smallest absolute Gasteiger partial charge is 0.119 e. The molecule has 0 saturated heterocycles. The van der Waals surface area contributed by atoms with E-state index in [2.05, 4.69) is 83.8 Å². The predicted molar refractivity (Wildman–Crippen MR) is 134 cm³/mol. The second-order valence-corrected chi connectivity index (χ2v) is 8.25. The van der Waals surface area contributed by atoms with E-state index in [0.29, 0.717) is 0 Å². The molecule has 1 N–H and O–H groups in total. The Bertz CT molecular complexity index is 729. The van der Waals surface area contributed by atoms with Gasteiger partial charge in [0.2, 0.25) is 0 Å². The lowest BCUT2D eigenvalue weighted by atomic mass is 9.91. The molecule has 1 aliphatic rings. The minimum atomic E-state index is 0.777. The number of aromatic nitrogens is 1. The summed E-state index contributed by atoms with van der Waals surface area (Å²) in [6, 6.07) is 8.46. The molecule has 168 valence electrons. The lowest BCUT2D eigenvalue weighted by Gasteiger charge is -2.15. The van der Waals surface area contributed by atoms with Crippen molar-refractivity contribution in [1.82, 2.24) is 4.98 Å². The fourth-order valence-electron chi connectivity index (χ4n) is 3.37. The molecule has 30 heavy (non-hydrogen) atoms. The second-order valence-electron chi connectivity index (χ2n) is 8.25. The number of allylic oxidation sites excluding steroid dienone is 1. The van der Waals surface area contributed by atoms with Gasteiger partial charge in [0.25, 0.3) is 0 Å². The van der Waals surface area contributed by atoms with Crippen LogP contribution in [0.5, 0.6) is 5.75 Å². The molecule has 1 heterocycles. The molecular formula is C28H45NO. The van der Waals surface area contributed by atoms with E-state index in [9.17, 15) is 0 Å². The van der Waals surface area contributed by atoms with Crippen molar-refractivity contribution in [3.8, 4) is 16.9 Å². The number of aromatic amines is 1. The van der Waals surface area contributed by atoms with Crippen LogP contribution in [0.1, 0.15) is 103 Å². The van der Waals surface area contributed by atoms with Gasteiger partial charge in [-0.3, -0.25) is 0 Å². The molecular weight excluding hydrogens is 366 g/mol. The molecule has 0 spiro atoms. The van der Waals surface area contributed by atoms with Crippen LogP contribution in [0.25, 0.3) is 17.2 Å². The number of nitrogens with one attached hydrogen (secondary N) is 1. The normalized spacial score (nSPS) is 12.2. The summed E-state index contributed by atoms with van der Waals surface area (Å²) in [7, 11) is 0. The molecule has 0 aliphatic heterocycles. The number of rotatable bonds is 7. The molecule has 3 rings (SSSR count). The van der Waals surface area contributed by atoms with Crippen LogP contribution in [0.2, 0.25) is 0 Å². The highest BCUT2D eigenvalue weighted by molar-refractivity contribution is 5.75. The largest absolute Gasteiger partial charge is 0.494 e. The minimum Gasteiger partial charge on any atom is -0.494 e. The second kappa shape index (κ2) is 14.9. The maximum absolute atomic E-state index is 5.67. The molecule has 2 heteroatoms. The van der Waals surface area contributed by atoms with E-state index >= 15 is 0 Å². The quantitative estimate of drug-likeness (QED) is 0.482. The Kier molecular flexibility index (Phi) is 13.0. The molecule has 1 aromatic heterocycles. The zero-order valence-corrected chi connectivity index (χ0v) is 20.7. The highest BCUT2D eigenvalue weighted by Gasteiger charge is 2.14. The van der Waals surface area contributed by atoms with Crippen LogP contribution in [-0.2, 0) is 0 Å². The van der Waals surface area contributed by atoms with Crippen LogP contribution in [0.15, 0.2) is 29.8 Å². The van der Waals surface area contributed by atoms with Crippen molar-refractivity contribution < 1.29 is 4.74 Å². The highest BCUT2D eigenvalue weighted by atomic mass is 16.5. The molecule has 1 saturated carbocycles. The van der Waals surface area contributed by atoms with Crippen molar-refractivity contribution in [3.05, 3.63) is 46.8 Å². The topological polar surface area (TPSA) is 25.0 Å². The number of benzene rings is 1. The summed E-state index contributed by atoms with van der Waals surface area (Å²) in [4.78, 5) is 3.55. The van der Waals surface area contributed by atoms with Crippen molar-refractivity contribution in [2.75, 3.05) is 6.61 Å². The van der Waals surface area contributed by atoms with Gasteiger partial charge in [0.05, 0.1) is 6.61 Å². The fourth-order valence-corrected chi connectivity index (χ4v) is 3.37. The monoisotopic (exact) mass is 411 g/mol. The summed E-state index contributed by atoms with van der Waals surface area (Å²) >= 11 is 0. The van der Waals surface area contributed by atoms with Gasteiger partial charge in [-0.05, 0) is 68.9 Å². The van der Waals surface area contributed by atoms with Crippen LogP contribution in [0.3, 0.4) is 0 Å². The van der Waals surface area contributed by atoms with Crippen molar-refractivity contribution in [2.24, 2.45) is 0 Å². The number of aryl methyl sites for hydroxylation is 1. The molecule has 2 nitrogen and oxygen atoms in total. The lowest BCUT2D eigenvalue weighted by molar-refractivity contribution is 0.317. The van der Waals surface area contributed by atoms with Gasteiger partial charge in [-0.2, -0.15) is 0 Å². The SMILES string of the molecule is CCC.CCCCC.CCCOc1ccc(-c2c(C)[nH]c(C=C3CCC3)c2C)cc1. The van der Waals surface area contributed by atoms with Gasteiger partial charge < -0.3 is 9.72 Å². The number of hydrogen-bond donors (Lipinski definition) is 1. The Labute approximate surface area is 186 Å².